The number of carbonyl (C=O) groups excluding carboxylic acids is 1. The molecule has 1 aliphatic rings. The van der Waals surface area contributed by atoms with Gasteiger partial charge in [-0.3, -0.25) is 4.79 Å². The van der Waals surface area contributed by atoms with Gasteiger partial charge in [-0.1, -0.05) is 19.8 Å². The number of hydrogen-bond acceptors (Lipinski definition) is 4. The maximum atomic E-state index is 14.1. The van der Waals surface area contributed by atoms with Crippen LogP contribution in [0, 0.1) is 11.7 Å². The maximum absolute atomic E-state index is 14.1. The summed E-state index contributed by atoms with van der Waals surface area (Å²) in [4.78, 5) is 17.9. The van der Waals surface area contributed by atoms with Crippen LogP contribution in [-0.4, -0.2) is 28.9 Å². The van der Waals surface area contributed by atoms with Gasteiger partial charge in [0.05, 0.1) is 5.56 Å². The number of nitrogens with zero attached hydrogens (tertiary/aromatic N) is 2. The predicted molar refractivity (Wildman–Crippen MR) is 75.5 cm³/mol. The van der Waals surface area contributed by atoms with Crippen molar-refractivity contribution in [1.82, 2.24) is 9.88 Å². The summed E-state index contributed by atoms with van der Waals surface area (Å²) in [5.41, 5.74) is 2.17. The Morgan fingerprint density at radius 1 is 1.50 bits per heavy atom. The molecule has 1 heterocycles. The topological polar surface area (TPSA) is 71.2 Å². The predicted octanol–water partition coefficient (Wildman–Crippen LogP) is 2.16. The zero-order chi connectivity index (χ0) is 14.7. The second-order valence-electron chi connectivity index (χ2n) is 5.41. The summed E-state index contributed by atoms with van der Waals surface area (Å²) in [5.74, 6) is 4.49. The smallest absolute Gasteiger partial charge is 0.257 e. The molecule has 0 bridgehead atoms. The fourth-order valence-electron chi connectivity index (χ4n) is 2.92. The molecule has 0 radical (unpaired) electrons. The van der Waals surface area contributed by atoms with Crippen molar-refractivity contribution in [3.8, 4) is 0 Å². The quantitative estimate of drug-likeness (QED) is 0.657. The second-order valence-corrected chi connectivity index (χ2v) is 5.41. The first-order valence-electron chi connectivity index (χ1n) is 6.94. The van der Waals surface area contributed by atoms with Crippen molar-refractivity contribution in [2.45, 2.75) is 38.6 Å². The van der Waals surface area contributed by atoms with Crippen LogP contribution in [0.4, 0.5) is 10.2 Å². The number of hydrazine groups is 1. The van der Waals surface area contributed by atoms with E-state index in [1.165, 1.54) is 18.7 Å². The van der Waals surface area contributed by atoms with E-state index < -0.39 is 5.82 Å². The number of nitrogens with one attached hydrogen (secondary N) is 1. The maximum Gasteiger partial charge on any atom is 0.257 e. The van der Waals surface area contributed by atoms with Gasteiger partial charge in [0.25, 0.3) is 5.91 Å². The number of aromatic nitrogens is 1. The second kappa shape index (κ2) is 6.17. The molecule has 1 saturated carbocycles. The van der Waals surface area contributed by atoms with Gasteiger partial charge >= 0.3 is 0 Å². The lowest BCUT2D eigenvalue weighted by atomic mass is 9.85. The lowest BCUT2D eigenvalue weighted by Gasteiger charge is -2.36. The molecule has 20 heavy (non-hydrogen) atoms. The van der Waals surface area contributed by atoms with Gasteiger partial charge in [-0.05, 0) is 24.8 Å². The third kappa shape index (κ3) is 2.75. The van der Waals surface area contributed by atoms with Gasteiger partial charge in [0.15, 0.2) is 11.6 Å². The summed E-state index contributed by atoms with van der Waals surface area (Å²) in [6, 6.07) is 1.56. The first-order chi connectivity index (χ1) is 9.56. The number of nitrogen functional groups attached to an aromatic ring is 1. The van der Waals surface area contributed by atoms with E-state index in [9.17, 15) is 9.18 Å². The number of amides is 1. The van der Waals surface area contributed by atoms with Crippen LogP contribution in [0.25, 0.3) is 0 Å². The molecule has 2 rings (SSSR count). The number of pyridine rings is 1. The van der Waals surface area contributed by atoms with E-state index >= 15 is 0 Å². The minimum absolute atomic E-state index is 0.00761. The van der Waals surface area contributed by atoms with E-state index in [0.717, 1.165) is 19.3 Å². The highest BCUT2D eigenvalue weighted by atomic mass is 19.1. The Labute approximate surface area is 118 Å². The van der Waals surface area contributed by atoms with Crippen molar-refractivity contribution in [1.29, 1.82) is 0 Å². The third-order valence-corrected chi connectivity index (χ3v) is 4.14. The molecule has 3 N–H and O–H groups in total. The molecule has 1 amide bonds. The van der Waals surface area contributed by atoms with Gasteiger partial charge < -0.3 is 10.3 Å². The molecule has 0 aromatic carbocycles. The summed E-state index contributed by atoms with van der Waals surface area (Å²) >= 11 is 0. The number of carbonyl (C=O) groups is 1. The van der Waals surface area contributed by atoms with E-state index in [4.69, 9.17) is 5.84 Å². The first kappa shape index (κ1) is 14.7. The fourth-order valence-corrected chi connectivity index (χ4v) is 2.92. The average molecular weight is 280 g/mol. The molecule has 1 fully saturated rings. The molecule has 1 aromatic rings. The molecule has 1 aromatic heterocycles. The largest absolute Gasteiger partial charge is 0.338 e. The van der Waals surface area contributed by atoms with Gasteiger partial charge in [-0.25, -0.2) is 15.2 Å². The SMILES string of the molecule is CC1CCCCC1N(C)C(=O)c1ccnc(NN)c1F. The summed E-state index contributed by atoms with van der Waals surface area (Å²) < 4.78 is 14.1. The highest BCUT2D eigenvalue weighted by molar-refractivity contribution is 5.95. The Kier molecular flexibility index (Phi) is 4.54. The van der Waals surface area contributed by atoms with Gasteiger partial charge in [0, 0.05) is 19.3 Å². The minimum atomic E-state index is -0.699. The standard InChI is InChI=1S/C14H21FN4O/c1-9-5-3-4-6-11(9)19(2)14(20)10-7-8-17-13(18-16)12(10)15/h7-9,11H,3-6,16H2,1-2H3,(H,17,18). The van der Waals surface area contributed by atoms with Crippen LogP contribution in [0.5, 0.6) is 0 Å². The van der Waals surface area contributed by atoms with Crippen molar-refractivity contribution < 1.29 is 9.18 Å². The van der Waals surface area contributed by atoms with Crippen molar-refractivity contribution in [3.05, 3.63) is 23.6 Å². The van der Waals surface area contributed by atoms with Crippen molar-refractivity contribution in [3.63, 3.8) is 0 Å². The van der Waals surface area contributed by atoms with Gasteiger partial charge in [0.2, 0.25) is 0 Å². The molecule has 2 unspecified atom stereocenters. The number of hydrogen-bond donors (Lipinski definition) is 2. The molecule has 2 atom stereocenters. The number of rotatable bonds is 3. The van der Waals surface area contributed by atoms with Crippen molar-refractivity contribution >= 4 is 11.7 Å². The minimum Gasteiger partial charge on any atom is -0.338 e. The van der Waals surface area contributed by atoms with Gasteiger partial charge in [0.1, 0.15) is 0 Å². The van der Waals surface area contributed by atoms with E-state index in [1.807, 2.05) is 0 Å². The molecule has 0 aliphatic heterocycles. The van der Waals surface area contributed by atoms with Crippen LogP contribution in [0.15, 0.2) is 12.3 Å². The molecule has 0 spiro atoms. The first-order valence-corrected chi connectivity index (χ1v) is 6.94. The Balaban J connectivity index is 2.22. The van der Waals surface area contributed by atoms with E-state index in [0.29, 0.717) is 5.92 Å². The molecule has 0 saturated heterocycles. The number of halogens is 1. The van der Waals surface area contributed by atoms with Crippen LogP contribution < -0.4 is 11.3 Å². The van der Waals surface area contributed by atoms with Crippen LogP contribution in [-0.2, 0) is 0 Å². The summed E-state index contributed by atoms with van der Waals surface area (Å²) in [5, 5.41) is 0. The van der Waals surface area contributed by atoms with Gasteiger partial charge in [-0.2, -0.15) is 0 Å². The average Bonchev–Trinajstić information content (AvgIpc) is 2.46. The molecular formula is C14H21FN4O. The summed E-state index contributed by atoms with van der Waals surface area (Å²) in [6.45, 7) is 2.14. The Morgan fingerprint density at radius 3 is 2.85 bits per heavy atom. The number of nitrogens with two attached hydrogens (primary N) is 1. The van der Waals surface area contributed by atoms with E-state index in [2.05, 4.69) is 17.3 Å². The van der Waals surface area contributed by atoms with Crippen molar-refractivity contribution in [2.75, 3.05) is 12.5 Å². The normalized spacial score (nSPS) is 22.4. The summed E-state index contributed by atoms with van der Waals surface area (Å²) in [6.07, 6.45) is 5.77. The zero-order valence-electron chi connectivity index (χ0n) is 11.9. The molecule has 6 heteroatoms. The highest BCUT2D eigenvalue weighted by Crippen LogP contribution is 2.28. The lowest BCUT2D eigenvalue weighted by molar-refractivity contribution is 0.0624. The Hall–Kier alpha value is -1.69. The van der Waals surface area contributed by atoms with Crippen LogP contribution in [0.1, 0.15) is 43.0 Å². The molecule has 110 valence electrons. The van der Waals surface area contributed by atoms with E-state index in [1.54, 1.807) is 11.9 Å². The zero-order valence-corrected chi connectivity index (χ0v) is 11.9. The van der Waals surface area contributed by atoms with E-state index in [-0.39, 0.29) is 23.3 Å². The van der Waals surface area contributed by atoms with Crippen LogP contribution >= 0.6 is 0 Å². The molecule has 1 aliphatic carbocycles. The fraction of sp³-hybridized carbons (Fsp3) is 0.571. The number of anilines is 1. The summed E-state index contributed by atoms with van der Waals surface area (Å²) in [7, 11) is 1.74. The van der Waals surface area contributed by atoms with Crippen LogP contribution in [0.2, 0.25) is 0 Å². The Bertz CT molecular complexity index is 494. The highest BCUT2D eigenvalue weighted by Gasteiger charge is 2.30. The molecular weight excluding hydrogens is 259 g/mol. The monoisotopic (exact) mass is 280 g/mol. The van der Waals surface area contributed by atoms with Crippen molar-refractivity contribution in [2.24, 2.45) is 11.8 Å². The molecule has 5 nitrogen and oxygen atoms in total. The third-order valence-electron chi connectivity index (χ3n) is 4.14. The van der Waals surface area contributed by atoms with Gasteiger partial charge in [-0.15, -0.1) is 0 Å². The van der Waals surface area contributed by atoms with Crippen LogP contribution in [0.3, 0.4) is 0 Å². The lowest BCUT2D eigenvalue weighted by Crippen LogP contribution is -2.43. The Morgan fingerprint density at radius 2 is 2.20 bits per heavy atom.